The van der Waals surface area contributed by atoms with Gasteiger partial charge < -0.3 is 17.8 Å². The summed E-state index contributed by atoms with van der Waals surface area (Å²) < 4.78 is 32.1. The van der Waals surface area contributed by atoms with Crippen molar-refractivity contribution in [2.45, 2.75) is 357 Å². The molecular formula is C115H187FN10O3S6. The number of thiophene rings is 4. The average Bonchev–Trinajstić information content (AvgIpc) is 1.82. The highest BCUT2D eigenvalue weighted by Gasteiger charge is 2.11. The number of benzene rings is 1. The standard InChI is InChI=1S/C11H12OS.C9H13FS.C9H12.C8H13N.2C8H11N.C7H12N2.C7H10N2.C7H10O.2C7H10S.C6H9NO.2C6H9NS.9CH4/c1-8(2)10-5-6-11(13-10)9-4-3-7-12-9;1-6(2)8-4-5-9(11-8)7(3)10;1-8(2)9-6-4-3-5-7-9;1-7(2)8-5-4-6-9(8)3;1-7(2)8-4-3-5-9-6-8;1-7(2)8-5-3-4-6-9-8;1-6(2)7-4-8-9(3)5-7;1-6(2)7-3-8-5-9-4-7;3*1-6(2)7-4-3-5-8-7;2*1-5(2)6-3-7-4-8-6;1-5(2)6-7-3-4-8-6;;;;;;;;;/h3-8H,1-2H3;4-7H,1-3H3;3-8H,1-2H3;4-7H,1-3H3;2*3-7H,1-2H3;4-6H,1-3H3;3-6H,1-2H3;3*3-6H,1-2H3;3*3-5H,1-2H3;9*1H4. The molecule has 0 fully saturated rings. The molecule has 15 aromatic rings. The van der Waals surface area contributed by atoms with Crippen LogP contribution in [0.15, 0.2) is 274 Å². The van der Waals surface area contributed by atoms with Gasteiger partial charge in [-0.1, -0.05) is 315 Å². The first-order valence-electron chi connectivity index (χ1n) is 44.2. The fraction of sp³-hybridized carbons (Fsp3) is 0.478. The molecule has 0 amide bonds. The summed E-state index contributed by atoms with van der Waals surface area (Å²) in [5.74, 6) is 11.3. The molecule has 13 nitrogen and oxygen atoms in total. The van der Waals surface area contributed by atoms with Crippen LogP contribution in [0.2, 0.25) is 0 Å². The normalized spacial score (nSPS) is 10.0. The molecular weight excluding hydrogens is 1780 g/mol. The molecule has 15 rings (SSSR count). The molecule has 0 saturated carbocycles. The molecule has 14 heterocycles. The average molecular weight is 1970 g/mol. The zero-order chi connectivity index (χ0) is 94.1. The Bertz CT molecular complexity index is 4360. The summed E-state index contributed by atoms with van der Waals surface area (Å²) in [7, 11) is 4.02. The van der Waals surface area contributed by atoms with Crippen LogP contribution in [-0.2, 0) is 14.1 Å². The second-order valence-electron chi connectivity index (χ2n) is 34.0. The van der Waals surface area contributed by atoms with Gasteiger partial charge in [0.05, 0.1) is 40.3 Å². The van der Waals surface area contributed by atoms with Crippen molar-refractivity contribution in [3.8, 4) is 10.6 Å². The van der Waals surface area contributed by atoms with Gasteiger partial charge in [0.2, 0.25) is 0 Å². The maximum atomic E-state index is 12.7. The highest BCUT2D eigenvalue weighted by molar-refractivity contribution is 7.15. The SMILES string of the molecule is C.C.C.C.C.C.C.C.C.CC(C)c1ccc(-c2ccco2)s1.CC(C)c1ccc(C(C)F)s1.CC(C)c1ccccc1.CC(C)c1ccccn1.CC(C)c1cccn1C.CC(C)c1cccnc1.CC(C)c1ccco1.CC(C)c1cccs1.CC(C)c1cccs1.CC(C)c1cncnc1.CC(C)c1cnco1.CC(C)c1cncs1.CC(C)c1cnn(C)c1.CC(C)c1nccs1. The Morgan fingerprint density at radius 3 is 1.09 bits per heavy atom. The second kappa shape index (κ2) is 82.0. The summed E-state index contributed by atoms with van der Waals surface area (Å²) >= 11 is 10.5. The molecule has 14 aromatic heterocycles. The fourth-order valence-electron chi connectivity index (χ4n) is 10.2. The van der Waals surface area contributed by atoms with Gasteiger partial charge in [0.25, 0.3) is 0 Å². The van der Waals surface area contributed by atoms with E-state index in [4.69, 9.17) is 13.3 Å². The van der Waals surface area contributed by atoms with Crippen LogP contribution in [0.3, 0.4) is 0 Å². The molecule has 1 aromatic carbocycles. The highest BCUT2D eigenvalue weighted by Crippen LogP contribution is 2.33. The van der Waals surface area contributed by atoms with Crippen molar-refractivity contribution in [3.05, 3.63) is 340 Å². The van der Waals surface area contributed by atoms with E-state index in [-0.39, 0.29) is 66.8 Å². The summed E-state index contributed by atoms with van der Waals surface area (Å²) in [4.78, 5) is 36.9. The summed E-state index contributed by atoms with van der Waals surface area (Å²) in [6.07, 6.45) is 26.4. The van der Waals surface area contributed by atoms with Gasteiger partial charge in [-0.05, 0) is 196 Å². The van der Waals surface area contributed by atoms with Gasteiger partial charge >= 0.3 is 0 Å². The number of halogens is 1. The molecule has 1 atom stereocenters. The molecule has 0 spiro atoms. The van der Waals surface area contributed by atoms with Crippen LogP contribution in [0, 0.1) is 0 Å². The minimum absolute atomic E-state index is 0. The predicted octanol–water partition coefficient (Wildman–Crippen LogP) is 40.7. The van der Waals surface area contributed by atoms with Crippen molar-refractivity contribution in [1.29, 1.82) is 0 Å². The van der Waals surface area contributed by atoms with Gasteiger partial charge in [-0.2, -0.15) is 5.10 Å². The third kappa shape index (κ3) is 63.1. The van der Waals surface area contributed by atoms with E-state index in [1.54, 1.807) is 83.5 Å². The molecule has 1 unspecified atom stereocenters. The zero-order valence-electron chi connectivity index (χ0n) is 81.5. The third-order valence-corrected chi connectivity index (χ3v) is 25.6. The minimum Gasteiger partial charge on any atom is -0.469 e. The van der Waals surface area contributed by atoms with Gasteiger partial charge in [0.15, 0.2) is 6.39 Å². The topological polar surface area (TPSA) is 152 Å². The second-order valence-corrected chi connectivity index (χ2v) is 40.1. The van der Waals surface area contributed by atoms with Gasteiger partial charge in [0.1, 0.15) is 29.8 Å². The first kappa shape index (κ1) is 141. The van der Waals surface area contributed by atoms with E-state index >= 15 is 0 Å². The van der Waals surface area contributed by atoms with Gasteiger partial charge in [-0.25, -0.2) is 24.3 Å². The predicted molar refractivity (Wildman–Crippen MR) is 607 cm³/mol. The number of nitrogens with zero attached hydrogens (tertiary/aromatic N) is 10. The Balaban J connectivity index is -0.000000214. The van der Waals surface area contributed by atoms with E-state index in [1.165, 1.54) is 68.6 Å². The number of thiazole rings is 2. The lowest BCUT2D eigenvalue weighted by molar-refractivity contribution is 0.380. The number of hydrogen-bond donors (Lipinski definition) is 0. The first-order chi connectivity index (χ1) is 59.8. The lowest BCUT2D eigenvalue weighted by Gasteiger charge is -2.04. The summed E-state index contributed by atoms with van der Waals surface area (Å²) in [6, 6.07) is 49.4. The maximum absolute atomic E-state index is 12.7. The molecule has 135 heavy (non-hydrogen) atoms. The molecule has 0 aliphatic rings. The molecule has 0 saturated heterocycles. The fourth-order valence-corrected chi connectivity index (χ4v) is 14.9. The van der Waals surface area contributed by atoms with Crippen LogP contribution < -0.4 is 0 Å². The molecule has 0 aliphatic carbocycles. The van der Waals surface area contributed by atoms with E-state index in [0.29, 0.717) is 82.9 Å². The van der Waals surface area contributed by atoms with Crippen LogP contribution in [0.5, 0.6) is 0 Å². The number of oxazole rings is 1. The number of hydrogen-bond acceptors (Lipinski definition) is 17. The van der Waals surface area contributed by atoms with Crippen molar-refractivity contribution < 1.29 is 17.6 Å². The van der Waals surface area contributed by atoms with E-state index < -0.39 is 6.17 Å². The first-order valence-corrected chi connectivity index (χ1v) is 49.3. The van der Waals surface area contributed by atoms with Crippen LogP contribution in [0.1, 0.15) is 436 Å². The van der Waals surface area contributed by atoms with Crippen molar-refractivity contribution in [2.24, 2.45) is 14.1 Å². The third-order valence-electron chi connectivity index (χ3n) is 18.2. The van der Waals surface area contributed by atoms with Crippen molar-refractivity contribution in [2.75, 3.05) is 0 Å². The Morgan fingerprint density at radius 2 is 0.822 bits per heavy atom. The number of rotatable bonds is 16. The van der Waals surface area contributed by atoms with E-state index in [2.05, 4.69) is 341 Å². The molecule has 758 valence electrons. The summed E-state index contributed by atoms with van der Waals surface area (Å²) in [5.41, 5.74) is 9.65. The van der Waals surface area contributed by atoms with Crippen molar-refractivity contribution in [3.63, 3.8) is 0 Å². The molecule has 0 aliphatic heterocycles. The highest BCUT2D eigenvalue weighted by atomic mass is 32.1. The smallest absolute Gasteiger partial charge is 0.180 e. The van der Waals surface area contributed by atoms with Crippen LogP contribution in [-0.4, -0.2) is 49.2 Å². The lowest BCUT2D eigenvalue weighted by atomic mass is 10.0. The van der Waals surface area contributed by atoms with Crippen LogP contribution in [0.25, 0.3) is 10.6 Å². The molecule has 0 radical (unpaired) electrons. The van der Waals surface area contributed by atoms with Gasteiger partial charge in [0, 0.05) is 134 Å². The number of aromatic nitrogens is 10. The monoisotopic (exact) mass is 1970 g/mol. The van der Waals surface area contributed by atoms with Gasteiger partial charge in [-0.3, -0.25) is 19.6 Å². The number of furan rings is 2. The molecule has 20 heteroatoms. The maximum Gasteiger partial charge on any atom is 0.180 e. The van der Waals surface area contributed by atoms with Crippen molar-refractivity contribution >= 4 is 68.0 Å². The largest absolute Gasteiger partial charge is 0.469 e. The quantitative estimate of drug-likeness (QED) is 0.0908. The van der Waals surface area contributed by atoms with E-state index in [0.717, 1.165) is 27.9 Å². The number of aryl methyl sites for hydroxylation is 2. The number of pyridine rings is 2. The minimum atomic E-state index is -0.813. The Kier molecular flexibility index (Phi) is 85.8. The van der Waals surface area contributed by atoms with E-state index in [9.17, 15) is 4.39 Å². The zero-order valence-corrected chi connectivity index (χ0v) is 86.4. The Morgan fingerprint density at radius 1 is 0.311 bits per heavy atom. The van der Waals surface area contributed by atoms with Gasteiger partial charge in [-0.15, -0.1) is 68.0 Å². The van der Waals surface area contributed by atoms with E-state index in [1.807, 2.05) is 162 Å². The summed E-state index contributed by atoms with van der Waals surface area (Å²) in [5, 5.41) is 11.5. The Labute approximate surface area is 849 Å². The summed E-state index contributed by atoms with van der Waals surface area (Å²) in [6.45, 7) is 62.1. The number of alkyl halides is 1. The Hall–Kier alpha value is -9.15. The van der Waals surface area contributed by atoms with Crippen molar-refractivity contribution in [1.82, 2.24) is 49.2 Å². The lowest BCUT2D eigenvalue weighted by Crippen LogP contribution is -1.95. The van der Waals surface area contributed by atoms with Crippen LogP contribution in [0.4, 0.5) is 4.39 Å². The molecule has 0 N–H and O–H groups in total. The molecule has 0 bridgehead atoms. The van der Waals surface area contributed by atoms with Crippen LogP contribution >= 0.6 is 68.0 Å².